The fraction of sp³-hybridized carbons (Fsp3) is 0.765. The maximum absolute atomic E-state index is 12.5. The van der Waals surface area contributed by atoms with Crippen molar-refractivity contribution in [3.63, 3.8) is 0 Å². The summed E-state index contributed by atoms with van der Waals surface area (Å²) in [6.07, 6.45) is 8.18. The topological polar surface area (TPSA) is 91.0 Å². The lowest BCUT2D eigenvalue weighted by Crippen LogP contribution is -2.49. The molecule has 1 aromatic rings. The quantitative estimate of drug-likeness (QED) is 0.820. The number of aromatic nitrogens is 3. The standard InChI is InChI=1S/C17H27N5O2/c1-12-19-15(21-20-12)10-18-17(24)13-8-9-16(23)22(11-13)14-6-4-2-3-5-7-14/h13-14H,2-11H2,1H3,(H,18,24)(H,19,20,21)/t13-/m1/s1. The van der Waals surface area contributed by atoms with Gasteiger partial charge in [-0.2, -0.15) is 5.10 Å². The number of hydrogen-bond acceptors (Lipinski definition) is 4. The average Bonchev–Trinajstić information content (AvgIpc) is 2.83. The fourth-order valence-corrected chi connectivity index (χ4v) is 3.79. The van der Waals surface area contributed by atoms with Gasteiger partial charge in [0.05, 0.1) is 12.5 Å². The number of nitrogens with one attached hydrogen (secondary N) is 2. The first-order valence-corrected chi connectivity index (χ1v) is 9.08. The second-order valence-corrected chi connectivity index (χ2v) is 6.98. The van der Waals surface area contributed by atoms with E-state index in [2.05, 4.69) is 20.5 Å². The molecule has 1 aliphatic carbocycles. The minimum absolute atomic E-state index is 0.00331. The van der Waals surface area contributed by atoms with Crippen LogP contribution in [0.4, 0.5) is 0 Å². The Hall–Kier alpha value is -1.92. The highest BCUT2D eigenvalue weighted by molar-refractivity contribution is 5.83. The lowest BCUT2D eigenvalue weighted by Gasteiger charge is -2.37. The number of H-pyrrole nitrogens is 1. The number of likely N-dealkylation sites (tertiary alicyclic amines) is 1. The molecule has 2 heterocycles. The highest BCUT2D eigenvalue weighted by Crippen LogP contribution is 2.27. The molecule has 24 heavy (non-hydrogen) atoms. The van der Waals surface area contributed by atoms with Gasteiger partial charge >= 0.3 is 0 Å². The van der Waals surface area contributed by atoms with Crippen molar-refractivity contribution >= 4 is 11.8 Å². The molecule has 0 unspecified atom stereocenters. The molecular formula is C17H27N5O2. The molecule has 0 bridgehead atoms. The molecule has 0 aromatic carbocycles. The number of amides is 2. The van der Waals surface area contributed by atoms with Gasteiger partial charge in [0.15, 0.2) is 5.82 Å². The van der Waals surface area contributed by atoms with Gasteiger partial charge in [-0.1, -0.05) is 25.7 Å². The van der Waals surface area contributed by atoms with Crippen LogP contribution in [0, 0.1) is 12.8 Å². The summed E-state index contributed by atoms with van der Waals surface area (Å²) in [6.45, 7) is 2.72. The van der Waals surface area contributed by atoms with E-state index < -0.39 is 0 Å². The maximum Gasteiger partial charge on any atom is 0.225 e. The summed E-state index contributed by atoms with van der Waals surface area (Å²) in [5.41, 5.74) is 0. The van der Waals surface area contributed by atoms with E-state index in [4.69, 9.17) is 0 Å². The zero-order valence-corrected chi connectivity index (χ0v) is 14.4. The van der Waals surface area contributed by atoms with E-state index >= 15 is 0 Å². The Kier molecular flexibility index (Phi) is 5.48. The number of rotatable bonds is 4. The van der Waals surface area contributed by atoms with Crippen molar-refractivity contribution in [3.8, 4) is 0 Å². The van der Waals surface area contributed by atoms with Crippen LogP contribution in [0.2, 0.25) is 0 Å². The van der Waals surface area contributed by atoms with Gasteiger partial charge < -0.3 is 10.2 Å². The molecule has 132 valence electrons. The number of nitrogens with zero attached hydrogens (tertiary/aromatic N) is 3. The van der Waals surface area contributed by atoms with Gasteiger partial charge in [-0.3, -0.25) is 14.7 Å². The highest BCUT2D eigenvalue weighted by Gasteiger charge is 2.34. The average molecular weight is 333 g/mol. The number of aromatic amines is 1. The summed E-state index contributed by atoms with van der Waals surface area (Å²) in [6, 6.07) is 0.325. The van der Waals surface area contributed by atoms with Crippen LogP contribution in [0.25, 0.3) is 0 Å². The molecule has 1 aromatic heterocycles. The third kappa shape index (κ3) is 4.13. The lowest BCUT2D eigenvalue weighted by molar-refractivity contribution is -0.141. The molecule has 0 radical (unpaired) electrons. The Labute approximate surface area is 142 Å². The molecule has 7 heteroatoms. The van der Waals surface area contributed by atoms with E-state index in [1.165, 1.54) is 25.7 Å². The first-order valence-electron chi connectivity index (χ1n) is 9.08. The summed E-state index contributed by atoms with van der Waals surface area (Å²) >= 11 is 0. The smallest absolute Gasteiger partial charge is 0.225 e. The molecule has 1 atom stereocenters. The third-order valence-electron chi connectivity index (χ3n) is 5.14. The molecule has 1 saturated heterocycles. The Morgan fingerprint density at radius 2 is 2.00 bits per heavy atom. The second kappa shape index (κ2) is 7.77. The zero-order valence-electron chi connectivity index (χ0n) is 14.4. The van der Waals surface area contributed by atoms with Crippen LogP contribution < -0.4 is 5.32 Å². The van der Waals surface area contributed by atoms with Crippen molar-refractivity contribution in [1.29, 1.82) is 0 Å². The van der Waals surface area contributed by atoms with E-state index in [1.54, 1.807) is 0 Å². The molecule has 2 amide bonds. The summed E-state index contributed by atoms with van der Waals surface area (Å²) in [7, 11) is 0. The predicted octanol–water partition coefficient (Wildman–Crippen LogP) is 1.69. The van der Waals surface area contributed by atoms with Crippen molar-refractivity contribution in [2.24, 2.45) is 5.92 Å². The monoisotopic (exact) mass is 333 g/mol. The fourth-order valence-electron chi connectivity index (χ4n) is 3.79. The lowest BCUT2D eigenvalue weighted by atomic mass is 9.93. The Morgan fingerprint density at radius 3 is 2.67 bits per heavy atom. The van der Waals surface area contributed by atoms with Crippen molar-refractivity contribution in [2.75, 3.05) is 6.54 Å². The van der Waals surface area contributed by atoms with Gasteiger partial charge in [0.2, 0.25) is 11.8 Å². The molecule has 0 spiro atoms. The van der Waals surface area contributed by atoms with Gasteiger partial charge in [-0.15, -0.1) is 0 Å². The van der Waals surface area contributed by atoms with Crippen LogP contribution in [0.5, 0.6) is 0 Å². The Morgan fingerprint density at radius 1 is 1.25 bits per heavy atom. The second-order valence-electron chi connectivity index (χ2n) is 6.98. The van der Waals surface area contributed by atoms with Crippen LogP contribution in [0.1, 0.15) is 63.0 Å². The third-order valence-corrected chi connectivity index (χ3v) is 5.14. The maximum atomic E-state index is 12.5. The van der Waals surface area contributed by atoms with Gasteiger partial charge in [0.1, 0.15) is 5.82 Å². The molecule has 3 rings (SSSR count). The van der Waals surface area contributed by atoms with Gasteiger partial charge in [0, 0.05) is 19.0 Å². The van der Waals surface area contributed by atoms with Crippen LogP contribution in [0.15, 0.2) is 0 Å². The predicted molar refractivity (Wildman–Crippen MR) is 88.9 cm³/mol. The largest absolute Gasteiger partial charge is 0.348 e. The van der Waals surface area contributed by atoms with Crippen molar-refractivity contribution in [2.45, 2.75) is 70.9 Å². The summed E-state index contributed by atoms with van der Waals surface area (Å²) in [5.74, 6) is 1.43. The molecule has 1 saturated carbocycles. The number of carbonyl (C=O) groups is 2. The SMILES string of the molecule is Cc1nc(CNC(=O)[C@@H]2CCC(=O)N(C3CCCCCC3)C2)n[nH]1. The minimum Gasteiger partial charge on any atom is -0.348 e. The molecule has 2 aliphatic rings. The van der Waals surface area contributed by atoms with Crippen LogP contribution in [-0.2, 0) is 16.1 Å². The van der Waals surface area contributed by atoms with E-state index in [9.17, 15) is 9.59 Å². The van der Waals surface area contributed by atoms with Crippen LogP contribution in [0.3, 0.4) is 0 Å². The molecular weight excluding hydrogens is 306 g/mol. The van der Waals surface area contributed by atoms with Crippen molar-refractivity contribution < 1.29 is 9.59 Å². The summed E-state index contributed by atoms with van der Waals surface area (Å²) < 4.78 is 0. The van der Waals surface area contributed by atoms with Crippen molar-refractivity contribution in [1.82, 2.24) is 25.4 Å². The molecule has 2 N–H and O–H groups in total. The molecule has 2 fully saturated rings. The number of aryl methyl sites for hydroxylation is 1. The first kappa shape index (κ1) is 16.9. The van der Waals surface area contributed by atoms with Gasteiger partial charge in [-0.05, 0) is 26.2 Å². The molecule has 7 nitrogen and oxygen atoms in total. The number of carbonyl (C=O) groups excluding carboxylic acids is 2. The number of piperidine rings is 1. The first-order chi connectivity index (χ1) is 11.6. The summed E-state index contributed by atoms with van der Waals surface area (Å²) in [4.78, 5) is 31.0. The zero-order chi connectivity index (χ0) is 16.9. The number of hydrogen-bond donors (Lipinski definition) is 2. The van der Waals surface area contributed by atoms with Crippen molar-refractivity contribution in [3.05, 3.63) is 11.6 Å². The Bertz CT molecular complexity index is 577. The summed E-state index contributed by atoms with van der Waals surface area (Å²) in [5, 5.41) is 9.71. The molecule has 1 aliphatic heterocycles. The van der Waals surface area contributed by atoms with Gasteiger partial charge in [0.25, 0.3) is 0 Å². The van der Waals surface area contributed by atoms with E-state index in [1.807, 2.05) is 11.8 Å². The van der Waals surface area contributed by atoms with E-state index in [0.29, 0.717) is 37.8 Å². The minimum atomic E-state index is -0.119. The van der Waals surface area contributed by atoms with Crippen LogP contribution in [-0.4, -0.2) is 44.5 Å². The Balaban J connectivity index is 1.55. The van der Waals surface area contributed by atoms with Gasteiger partial charge in [-0.25, -0.2) is 4.98 Å². The van der Waals surface area contributed by atoms with E-state index in [-0.39, 0.29) is 17.7 Å². The normalized spacial score (nSPS) is 23.1. The van der Waals surface area contributed by atoms with Crippen LogP contribution >= 0.6 is 0 Å². The highest BCUT2D eigenvalue weighted by atomic mass is 16.2. The van der Waals surface area contributed by atoms with E-state index in [0.717, 1.165) is 18.7 Å².